The van der Waals surface area contributed by atoms with E-state index in [0.29, 0.717) is 18.2 Å². The Labute approximate surface area is 179 Å². The third-order valence-corrected chi connectivity index (χ3v) is 7.77. The van der Waals surface area contributed by atoms with Gasteiger partial charge in [0.2, 0.25) is 9.84 Å². The van der Waals surface area contributed by atoms with E-state index >= 15 is 0 Å². The number of nitrogens with two attached hydrogens (primary N) is 1. The molecule has 1 aliphatic heterocycles. The Morgan fingerprint density at radius 3 is 2.38 bits per heavy atom. The molecule has 1 saturated heterocycles. The van der Waals surface area contributed by atoms with Crippen LogP contribution in [0.5, 0.6) is 0 Å². The molecule has 0 radical (unpaired) electrons. The van der Waals surface area contributed by atoms with E-state index in [9.17, 15) is 26.9 Å². The second kappa shape index (κ2) is 8.80. The minimum atomic E-state index is -5.04. The van der Waals surface area contributed by atoms with Crippen LogP contribution < -0.4 is 18.1 Å². The minimum absolute atomic E-state index is 0. The first-order valence-corrected chi connectivity index (χ1v) is 10.3. The lowest BCUT2D eigenvalue weighted by Gasteiger charge is -2.45. The maximum absolute atomic E-state index is 14.3. The van der Waals surface area contributed by atoms with Gasteiger partial charge in [-0.3, -0.25) is 3.89 Å². The number of likely N-dealkylation sites (tertiary alicyclic amines) is 1. The molecule has 1 aliphatic rings. The third kappa shape index (κ3) is 4.26. The number of halogens is 3. The number of nitrogens with zero attached hydrogens (tertiary/aromatic N) is 2. The molecule has 1 unspecified atom stereocenters. The lowest BCUT2D eigenvalue weighted by molar-refractivity contribution is -0.778. The number of carbonyl (C=O) groups is 1. The topological polar surface area (TPSA) is 116 Å². The monoisotopic (exact) mass is 473 g/mol. The van der Waals surface area contributed by atoms with Gasteiger partial charge in [0.25, 0.3) is 4.87 Å². The van der Waals surface area contributed by atoms with Crippen molar-refractivity contribution in [2.45, 2.75) is 35.1 Å². The normalized spacial score (nSPS) is 26.7. The van der Waals surface area contributed by atoms with Crippen molar-refractivity contribution in [3.8, 4) is 0 Å². The first kappa shape index (κ1) is 25.7. The van der Waals surface area contributed by atoms with Gasteiger partial charge in [0.05, 0.1) is 39.6 Å². The van der Waals surface area contributed by atoms with Crippen LogP contribution in [0.15, 0.2) is 28.3 Å². The first-order chi connectivity index (χ1) is 12.9. The molecule has 1 aromatic rings. The SMILES string of the molecule is CCOC(=O)C(N)(C1(N=O)CC[N+](C)(S)CC1)S(=O)(=O)c1ccc(F)cc1F.[Cl-]. The number of sulfone groups is 1. The molecule has 1 fully saturated rings. The number of piperidine rings is 1. The van der Waals surface area contributed by atoms with Crippen molar-refractivity contribution in [2.24, 2.45) is 10.9 Å². The van der Waals surface area contributed by atoms with Crippen LogP contribution in [-0.2, 0) is 19.4 Å². The summed E-state index contributed by atoms with van der Waals surface area (Å²) in [6.45, 7) is 1.55. The number of rotatable bonds is 6. The van der Waals surface area contributed by atoms with Crippen molar-refractivity contribution in [2.75, 3.05) is 26.7 Å². The van der Waals surface area contributed by atoms with Crippen LogP contribution in [0.2, 0.25) is 0 Å². The van der Waals surface area contributed by atoms with E-state index in [2.05, 4.69) is 18.0 Å². The summed E-state index contributed by atoms with van der Waals surface area (Å²) in [6, 6.07) is 1.72. The summed E-state index contributed by atoms with van der Waals surface area (Å²) >= 11 is 4.38. The van der Waals surface area contributed by atoms with E-state index in [4.69, 9.17) is 10.5 Å². The molecule has 0 bridgehead atoms. The second-order valence-corrected chi connectivity index (χ2v) is 10.00. The molecule has 1 heterocycles. The molecule has 2 N–H and O–H groups in total. The van der Waals surface area contributed by atoms with Crippen LogP contribution in [0.1, 0.15) is 19.8 Å². The fourth-order valence-electron chi connectivity index (χ4n) is 3.27. The predicted molar refractivity (Wildman–Crippen MR) is 99.8 cm³/mol. The summed E-state index contributed by atoms with van der Waals surface area (Å²) < 4.78 is 59.2. The zero-order valence-corrected chi connectivity index (χ0v) is 18.2. The van der Waals surface area contributed by atoms with Crippen molar-refractivity contribution in [3.05, 3.63) is 34.7 Å². The first-order valence-electron chi connectivity index (χ1n) is 8.44. The van der Waals surface area contributed by atoms with Crippen LogP contribution in [0.3, 0.4) is 0 Å². The summed E-state index contributed by atoms with van der Waals surface area (Å²) in [5.41, 5.74) is 3.99. The average Bonchev–Trinajstić information content (AvgIpc) is 2.61. The third-order valence-electron chi connectivity index (χ3n) is 5.07. The van der Waals surface area contributed by atoms with Crippen molar-refractivity contribution in [1.82, 2.24) is 0 Å². The number of benzene rings is 1. The van der Waals surface area contributed by atoms with Gasteiger partial charge in [0.1, 0.15) is 16.5 Å². The molecule has 0 aromatic heterocycles. The Kier molecular flexibility index (Phi) is 7.80. The molecule has 8 nitrogen and oxygen atoms in total. The standard InChI is InChI=1S/C16H22F2N3O5S2.ClH/c1-3-26-14(22)16(19,15(20-23)6-8-21(2,27)9-7-15)28(24,25)13-5-4-11(17)10-12(13)18;/h4-5,10,27H,3,6-9,19H2,1-2H3;1H/q+1;/p-1. The number of esters is 1. The number of thiol groups is 1. The number of carbonyl (C=O) groups excluding carboxylic acids is 1. The summed E-state index contributed by atoms with van der Waals surface area (Å²) in [5.74, 6) is -3.88. The van der Waals surface area contributed by atoms with Gasteiger partial charge in [0.15, 0.2) is 5.54 Å². The number of hydrogen-bond acceptors (Lipinski definition) is 8. The van der Waals surface area contributed by atoms with Crippen molar-refractivity contribution in [3.63, 3.8) is 0 Å². The zero-order chi connectivity index (χ0) is 21.4. The van der Waals surface area contributed by atoms with Crippen molar-refractivity contribution >= 4 is 28.6 Å². The van der Waals surface area contributed by atoms with Gasteiger partial charge in [-0.05, 0) is 19.1 Å². The van der Waals surface area contributed by atoms with E-state index in [-0.39, 0.29) is 48.8 Å². The molecule has 0 amide bonds. The molecule has 1 aromatic carbocycles. The number of quaternary nitrogens is 1. The highest BCUT2D eigenvalue weighted by molar-refractivity contribution is 7.93. The summed E-state index contributed by atoms with van der Waals surface area (Å²) in [7, 11) is -3.31. The molecule has 2 rings (SSSR count). The molecule has 0 aliphatic carbocycles. The van der Waals surface area contributed by atoms with Crippen LogP contribution in [0.4, 0.5) is 8.78 Å². The Balaban J connectivity index is 0.00000420. The Morgan fingerprint density at radius 2 is 1.93 bits per heavy atom. The highest BCUT2D eigenvalue weighted by Crippen LogP contribution is 2.44. The largest absolute Gasteiger partial charge is 1.00 e. The molecule has 1 atom stereocenters. The fraction of sp³-hybridized carbons (Fsp3) is 0.562. The van der Waals surface area contributed by atoms with Crippen LogP contribution in [0.25, 0.3) is 0 Å². The van der Waals surface area contributed by atoms with E-state index < -0.39 is 42.7 Å². The van der Waals surface area contributed by atoms with Crippen LogP contribution in [-0.4, -0.2) is 55.4 Å². The zero-order valence-electron chi connectivity index (χ0n) is 15.8. The average molecular weight is 474 g/mol. The number of nitroso groups, excluding NO2 is 1. The molecular weight excluding hydrogens is 452 g/mol. The van der Waals surface area contributed by atoms with E-state index in [1.165, 1.54) is 6.92 Å². The van der Waals surface area contributed by atoms with Crippen molar-refractivity contribution in [1.29, 1.82) is 0 Å². The number of hydrogen-bond donors (Lipinski definition) is 2. The highest BCUT2D eigenvalue weighted by Gasteiger charge is 2.68. The smallest absolute Gasteiger partial charge is 0.345 e. The predicted octanol–water partition coefficient (Wildman–Crippen LogP) is -1.45. The van der Waals surface area contributed by atoms with Gasteiger partial charge in [-0.2, -0.15) is 4.91 Å². The van der Waals surface area contributed by atoms with E-state index in [0.717, 1.165) is 0 Å². The highest BCUT2D eigenvalue weighted by atomic mass is 35.5. The van der Waals surface area contributed by atoms with Gasteiger partial charge in [-0.25, -0.2) is 22.0 Å². The lowest BCUT2D eigenvalue weighted by atomic mass is 9.81. The molecule has 29 heavy (non-hydrogen) atoms. The lowest BCUT2D eigenvalue weighted by Crippen LogP contribution is -3.00. The molecular formula is C16H22ClF2N3O5S2. The van der Waals surface area contributed by atoms with E-state index in [1.54, 1.807) is 7.05 Å². The van der Waals surface area contributed by atoms with Gasteiger partial charge in [-0.15, -0.1) is 0 Å². The Hall–Kier alpha value is -1.34. The van der Waals surface area contributed by atoms with Gasteiger partial charge in [-0.1, -0.05) is 5.18 Å². The second-order valence-electron chi connectivity index (χ2n) is 6.94. The van der Waals surface area contributed by atoms with Gasteiger partial charge < -0.3 is 22.9 Å². The van der Waals surface area contributed by atoms with Crippen LogP contribution in [0, 0.1) is 16.5 Å². The molecule has 164 valence electrons. The summed E-state index contributed by atoms with van der Waals surface area (Å²) in [6.07, 6.45) is -0.401. The molecule has 13 heteroatoms. The minimum Gasteiger partial charge on any atom is -1.00 e. The Bertz CT molecular complexity index is 891. The van der Waals surface area contributed by atoms with E-state index in [1.807, 2.05) is 0 Å². The summed E-state index contributed by atoms with van der Waals surface area (Å²) in [5, 5.41) is 2.96. The number of ether oxygens (including phenoxy) is 1. The van der Waals surface area contributed by atoms with Crippen molar-refractivity contribution < 1.29 is 43.0 Å². The maximum atomic E-state index is 14.3. The maximum Gasteiger partial charge on any atom is 0.345 e. The molecule has 0 saturated carbocycles. The van der Waals surface area contributed by atoms with Crippen LogP contribution >= 0.6 is 12.8 Å². The molecule has 0 spiro atoms. The summed E-state index contributed by atoms with van der Waals surface area (Å²) in [4.78, 5) is 20.6. The Morgan fingerprint density at radius 1 is 1.38 bits per heavy atom. The van der Waals surface area contributed by atoms with Gasteiger partial charge in [0, 0.05) is 18.9 Å². The quantitative estimate of drug-likeness (QED) is 0.172. The fourth-order valence-corrected chi connectivity index (χ4v) is 5.40. The van der Waals surface area contributed by atoms with Gasteiger partial charge >= 0.3 is 5.97 Å².